The Morgan fingerprint density at radius 3 is 2.83 bits per heavy atom. The summed E-state index contributed by atoms with van der Waals surface area (Å²) in [6.07, 6.45) is 2.22. The quantitative estimate of drug-likeness (QED) is 0.859. The number of hydrogen-bond donors (Lipinski definition) is 0. The highest BCUT2D eigenvalue weighted by Crippen LogP contribution is 2.48. The summed E-state index contributed by atoms with van der Waals surface area (Å²) in [7, 11) is 1.87. The average molecular weight is 330 g/mol. The molecule has 2 fully saturated rings. The largest absolute Gasteiger partial charge is 0.366 e. The second-order valence-electron chi connectivity index (χ2n) is 6.44. The highest BCUT2D eigenvalue weighted by atomic mass is 19.1. The summed E-state index contributed by atoms with van der Waals surface area (Å²) < 4.78 is 20.6. The number of halogens is 1. The lowest BCUT2D eigenvalue weighted by Gasteiger charge is -2.32. The summed E-state index contributed by atoms with van der Waals surface area (Å²) in [5.41, 5.74) is 1.04. The highest BCUT2D eigenvalue weighted by molar-refractivity contribution is 5.83. The van der Waals surface area contributed by atoms with E-state index in [9.17, 15) is 9.18 Å². The molecule has 2 heterocycles. The maximum absolute atomic E-state index is 13.0. The molecule has 0 unspecified atom stereocenters. The Kier molecular flexibility index (Phi) is 3.80. The minimum absolute atomic E-state index is 0.00583. The fourth-order valence-corrected chi connectivity index (χ4v) is 3.37. The minimum atomic E-state index is -0.248. The summed E-state index contributed by atoms with van der Waals surface area (Å²) in [6.45, 7) is 1.59. The number of carbonyl (C=O) groups excluding carboxylic acids is 1. The molecule has 1 saturated carbocycles. The van der Waals surface area contributed by atoms with Gasteiger partial charge < -0.3 is 14.2 Å². The summed E-state index contributed by atoms with van der Waals surface area (Å²) >= 11 is 0. The van der Waals surface area contributed by atoms with Crippen LogP contribution in [-0.2, 0) is 16.6 Å². The van der Waals surface area contributed by atoms with E-state index in [4.69, 9.17) is 4.74 Å². The van der Waals surface area contributed by atoms with E-state index < -0.39 is 0 Å². The van der Waals surface area contributed by atoms with Gasteiger partial charge in [-0.1, -0.05) is 12.1 Å². The monoisotopic (exact) mass is 330 g/mol. The van der Waals surface area contributed by atoms with Crippen molar-refractivity contribution in [1.82, 2.24) is 19.7 Å². The minimum Gasteiger partial charge on any atom is -0.366 e. The van der Waals surface area contributed by atoms with Crippen LogP contribution in [0.3, 0.4) is 0 Å². The first-order valence-corrected chi connectivity index (χ1v) is 8.13. The predicted molar refractivity (Wildman–Crippen MR) is 83.5 cm³/mol. The second kappa shape index (κ2) is 5.98. The van der Waals surface area contributed by atoms with Gasteiger partial charge in [0.1, 0.15) is 18.2 Å². The third kappa shape index (κ3) is 2.80. The van der Waals surface area contributed by atoms with Crippen molar-refractivity contribution in [2.45, 2.75) is 18.4 Å². The molecule has 126 valence electrons. The molecular formula is C17H19FN4O2. The van der Waals surface area contributed by atoms with Crippen LogP contribution in [0.4, 0.5) is 4.39 Å². The molecule has 3 atom stereocenters. The topological polar surface area (TPSA) is 60.2 Å². The van der Waals surface area contributed by atoms with Crippen molar-refractivity contribution < 1.29 is 13.9 Å². The molecular weight excluding hydrogens is 311 g/mol. The molecule has 1 aromatic carbocycles. The van der Waals surface area contributed by atoms with E-state index in [-0.39, 0.29) is 29.7 Å². The first-order valence-electron chi connectivity index (χ1n) is 8.13. The number of aryl methyl sites for hydroxylation is 1. The van der Waals surface area contributed by atoms with Crippen molar-refractivity contribution in [3.8, 4) is 0 Å². The van der Waals surface area contributed by atoms with E-state index in [0.29, 0.717) is 19.7 Å². The molecule has 2 aromatic rings. The van der Waals surface area contributed by atoms with E-state index in [1.54, 1.807) is 18.5 Å². The number of morpholine rings is 1. The first kappa shape index (κ1) is 15.3. The van der Waals surface area contributed by atoms with Crippen molar-refractivity contribution in [2.75, 3.05) is 19.7 Å². The van der Waals surface area contributed by atoms with Gasteiger partial charge in [-0.3, -0.25) is 4.79 Å². The lowest BCUT2D eigenvalue weighted by molar-refractivity contribution is -0.140. The molecule has 0 spiro atoms. The molecule has 1 aromatic heterocycles. The summed E-state index contributed by atoms with van der Waals surface area (Å²) in [5, 5.41) is 7.95. The van der Waals surface area contributed by atoms with E-state index >= 15 is 0 Å². The third-order valence-corrected chi connectivity index (χ3v) is 4.82. The molecule has 4 rings (SSSR count). The van der Waals surface area contributed by atoms with E-state index in [1.165, 1.54) is 12.1 Å². The number of nitrogens with zero attached hydrogens (tertiary/aromatic N) is 4. The lowest BCUT2D eigenvalue weighted by Crippen LogP contribution is -2.43. The average Bonchev–Trinajstić information content (AvgIpc) is 3.28. The Balaban J connectivity index is 1.42. The van der Waals surface area contributed by atoms with Crippen LogP contribution in [0.5, 0.6) is 0 Å². The zero-order chi connectivity index (χ0) is 16.7. The molecule has 7 heteroatoms. The number of ether oxygens (including phenoxy) is 1. The number of rotatable bonds is 3. The number of aromatic nitrogens is 3. The Morgan fingerprint density at radius 1 is 1.33 bits per heavy atom. The zero-order valence-electron chi connectivity index (χ0n) is 13.4. The molecule has 1 saturated heterocycles. The molecule has 1 amide bonds. The van der Waals surface area contributed by atoms with Crippen LogP contribution in [0.15, 0.2) is 30.6 Å². The summed E-state index contributed by atoms with van der Waals surface area (Å²) in [6, 6.07) is 6.45. The fourth-order valence-electron chi connectivity index (χ4n) is 3.37. The van der Waals surface area contributed by atoms with Crippen LogP contribution in [0, 0.1) is 11.7 Å². The lowest BCUT2D eigenvalue weighted by atomic mass is 10.1. The van der Waals surface area contributed by atoms with Crippen LogP contribution in [0.1, 0.15) is 29.8 Å². The molecule has 0 N–H and O–H groups in total. The molecule has 24 heavy (non-hydrogen) atoms. The van der Waals surface area contributed by atoms with Crippen LogP contribution in [0.2, 0.25) is 0 Å². The Morgan fingerprint density at radius 2 is 2.12 bits per heavy atom. The molecule has 0 radical (unpaired) electrons. The number of amides is 1. The van der Waals surface area contributed by atoms with E-state index in [1.807, 2.05) is 16.5 Å². The van der Waals surface area contributed by atoms with Crippen molar-refractivity contribution in [1.29, 1.82) is 0 Å². The molecule has 2 aliphatic rings. The van der Waals surface area contributed by atoms with Crippen LogP contribution in [-0.4, -0.2) is 45.3 Å². The Hall–Kier alpha value is -2.28. The van der Waals surface area contributed by atoms with Crippen LogP contribution in [0.25, 0.3) is 0 Å². The van der Waals surface area contributed by atoms with Gasteiger partial charge in [-0.05, 0) is 30.0 Å². The van der Waals surface area contributed by atoms with Crippen molar-refractivity contribution in [3.63, 3.8) is 0 Å². The third-order valence-electron chi connectivity index (χ3n) is 4.82. The maximum Gasteiger partial charge on any atom is 0.226 e. The van der Waals surface area contributed by atoms with Crippen molar-refractivity contribution >= 4 is 5.91 Å². The van der Waals surface area contributed by atoms with E-state index in [0.717, 1.165) is 17.8 Å². The smallest absolute Gasteiger partial charge is 0.226 e. The SMILES string of the molecule is Cn1cnnc1[C@@H]1CN(C(=O)[C@@H]2C[C@@H]2c2ccc(F)cc2)CCO1. The van der Waals surface area contributed by atoms with Gasteiger partial charge in [0, 0.05) is 19.5 Å². The molecule has 0 bridgehead atoms. The van der Waals surface area contributed by atoms with Crippen molar-refractivity contribution in [3.05, 3.63) is 47.8 Å². The van der Waals surface area contributed by atoms with Gasteiger partial charge in [0.05, 0.1) is 13.2 Å². The fraction of sp³-hybridized carbons (Fsp3) is 0.471. The van der Waals surface area contributed by atoms with Gasteiger partial charge in [-0.25, -0.2) is 4.39 Å². The highest BCUT2D eigenvalue weighted by Gasteiger charge is 2.46. The molecule has 1 aliphatic heterocycles. The van der Waals surface area contributed by atoms with Crippen LogP contribution < -0.4 is 0 Å². The van der Waals surface area contributed by atoms with Gasteiger partial charge >= 0.3 is 0 Å². The standard InChI is InChI=1S/C17H19FN4O2/c1-21-10-19-20-16(21)15-9-22(6-7-24-15)17(23)14-8-13(14)11-2-4-12(18)5-3-11/h2-5,10,13-15H,6-9H2,1H3/t13-,14-,15+/m1/s1. The molecule has 6 nitrogen and oxygen atoms in total. The predicted octanol–water partition coefficient (Wildman–Crippen LogP) is 1.66. The number of hydrogen-bond acceptors (Lipinski definition) is 4. The molecule has 1 aliphatic carbocycles. The van der Waals surface area contributed by atoms with Crippen molar-refractivity contribution in [2.24, 2.45) is 13.0 Å². The maximum atomic E-state index is 13.0. The van der Waals surface area contributed by atoms with Gasteiger partial charge in [-0.15, -0.1) is 10.2 Å². The van der Waals surface area contributed by atoms with E-state index in [2.05, 4.69) is 10.2 Å². The van der Waals surface area contributed by atoms with Gasteiger partial charge in [0.15, 0.2) is 5.82 Å². The first-order chi connectivity index (χ1) is 11.6. The number of carbonyl (C=O) groups is 1. The number of benzene rings is 1. The zero-order valence-corrected chi connectivity index (χ0v) is 13.4. The Bertz CT molecular complexity index is 745. The summed E-state index contributed by atoms with van der Waals surface area (Å²) in [5.74, 6) is 0.836. The van der Waals surface area contributed by atoms with Gasteiger partial charge in [0.2, 0.25) is 5.91 Å². The Labute approximate surface area is 139 Å². The van der Waals surface area contributed by atoms with Gasteiger partial charge in [0.25, 0.3) is 0 Å². The van der Waals surface area contributed by atoms with Crippen LogP contribution >= 0.6 is 0 Å². The summed E-state index contributed by atoms with van der Waals surface area (Å²) in [4.78, 5) is 14.6. The van der Waals surface area contributed by atoms with Gasteiger partial charge in [-0.2, -0.15) is 0 Å². The second-order valence-corrected chi connectivity index (χ2v) is 6.44. The normalized spacial score (nSPS) is 26.4.